The Hall–Kier alpha value is -2.47. The zero-order valence-corrected chi connectivity index (χ0v) is 24.5. The van der Waals surface area contributed by atoms with Gasteiger partial charge in [-0.3, -0.25) is 0 Å². The van der Waals surface area contributed by atoms with Gasteiger partial charge in [-0.2, -0.15) is 0 Å². The average Bonchev–Trinajstić information content (AvgIpc) is 2.87. The summed E-state index contributed by atoms with van der Waals surface area (Å²) >= 11 is 4.49. The molecule has 3 aromatic rings. The van der Waals surface area contributed by atoms with E-state index >= 15 is 0 Å². The molecule has 0 saturated heterocycles. The van der Waals surface area contributed by atoms with E-state index in [2.05, 4.69) is 58.3 Å². The molecule has 6 nitrogen and oxygen atoms in total. The Balaban J connectivity index is 2.12. The highest BCUT2D eigenvalue weighted by atomic mass is 127. The number of carbonyl (C=O) groups excluding carboxylic acids is 1. The van der Waals surface area contributed by atoms with Crippen molar-refractivity contribution in [1.82, 2.24) is 0 Å². The van der Waals surface area contributed by atoms with Crippen molar-refractivity contribution in [3.05, 3.63) is 92.5 Å². The molecule has 0 saturated carbocycles. The Morgan fingerprint density at radius 1 is 0.861 bits per heavy atom. The van der Waals surface area contributed by atoms with Gasteiger partial charge in [0.15, 0.2) is 0 Å². The quantitative estimate of drug-likeness (QED) is 0.0808. The fourth-order valence-electron chi connectivity index (χ4n) is 3.58. The summed E-state index contributed by atoms with van der Waals surface area (Å²) in [5, 5.41) is 1.62. The molecular formula is C28H28I2O6. The molecule has 0 atom stereocenters. The van der Waals surface area contributed by atoms with Gasteiger partial charge in [-0.25, -0.2) is 4.79 Å². The van der Waals surface area contributed by atoms with Crippen LogP contribution in [0.2, 0.25) is 0 Å². The Morgan fingerprint density at radius 2 is 1.44 bits per heavy atom. The largest absolute Gasteiger partial charge is 0.498 e. The summed E-state index contributed by atoms with van der Waals surface area (Å²) in [6.07, 6.45) is 2.72. The van der Waals surface area contributed by atoms with Crippen molar-refractivity contribution in [1.29, 1.82) is 0 Å². The number of fused-ring (bicyclic) bond motifs is 1. The number of rotatable bonds is 13. The zero-order valence-electron chi connectivity index (χ0n) is 20.2. The summed E-state index contributed by atoms with van der Waals surface area (Å²) in [4.78, 5) is 13.7. The van der Waals surface area contributed by atoms with Crippen LogP contribution in [0.5, 0.6) is 11.5 Å². The monoisotopic (exact) mass is 714 g/mol. The molecule has 0 aliphatic heterocycles. The first-order chi connectivity index (χ1) is 17.3. The summed E-state index contributed by atoms with van der Waals surface area (Å²) in [6.45, 7) is 11.9. The fraction of sp³-hybridized carbons (Fsp3) is 0.250. The van der Waals surface area contributed by atoms with Crippen LogP contribution < -0.4 is 9.47 Å². The van der Waals surface area contributed by atoms with Gasteiger partial charge in [0.2, 0.25) is 0 Å². The van der Waals surface area contributed by atoms with E-state index in [-0.39, 0.29) is 25.4 Å². The van der Waals surface area contributed by atoms with Crippen LogP contribution in [-0.2, 0) is 19.8 Å². The molecule has 0 unspecified atom stereocenters. The van der Waals surface area contributed by atoms with Crippen molar-refractivity contribution in [3.8, 4) is 11.5 Å². The van der Waals surface area contributed by atoms with E-state index in [4.69, 9.17) is 23.7 Å². The Morgan fingerprint density at radius 3 is 2.06 bits per heavy atom. The van der Waals surface area contributed by atoms with E-state index < -0.39 is 11.6 Å². The number of hydrogen-bond acceptors (Lipinski definition) is 6. The molecule has 3 aromatic carbocycles. The van der Waals surface area contributed by atoms with Crippen LogP contribution in [0.15, 0.2) is 74.2 Å². The van der Waals surface area contributed by atoms with Crippen LogP contribution in [0.1, 0.15) is 29.8 Å². The molecule has 190 valence electrons. The molecule has 0 N–H and O–H groups in total. The molecule has 0 aliphatic rings. The fourth-order valence-corrected chi connectivity index (χ4v) is 4.99. The minimum atomic E-state index is -0.867. The smallest absolute Gasteiger partial charge is 0.342 e. The third kappa shape index (κ3) is 6.84. The minimum absolute atomic E-state index is 0.221. The summed E-state index contributed by atoms with van der Waals surface area (Å²) in [7, 11) is 0. The van der Waals surface area contributed by atoms with Crippen molar-refractivity contribution in [2.45, 2.75) is 19.4 Å². The van der Waals surface area contributed by atoms with Gasteiger partial charge >= 0.3 is 5.97 Å². The number of carbonyl (C=O) groups is 1. The molecule has 3 rings (SSSR count). The summed E-state index contributed by atoms with van der Waals surface area (Å²) in [6, 6.07) is 15.3. The highest BCUT2D eigenvalue weighted by molar-refractivity contribution is 14.1. The average molecular weight is 714 g/mol. The van der Waals surface area contributed by atoms with Crippen LogP contribution in [0.25, 0.3) is 10.8 Å². The minimum Gasteiger partial charge on any atom is -0.498 e. The van der Waals surface area contributed by atoms with Gasteiger partial charge in [-0.15, -0.1) is 0 Å². The van der Waals surface area contributed by atoms with Gasteiger partial charge in [-0.05, 0) is 82.8 Å². The molecule has 0 heterocycles. The molecule has 0 aliphatic carbocycles. The molecule has 0 fully saturated rings. The second-order valence-electron chi connectivity index (χ2n) is 8.07. The van der Waals surface area contributed by atoms with Crippen LogP contribution in [0.4, 0.5) is 0 Å². The first kappa shape index (κ1) is 28.1. The Labute approximate surface area is 238 Å². The molecule has 0 radical (unpaired) electrons. The lowest BCUT2D eigenvalue weighted by Gasteiger charge is -2.27. The number of ether oxygens (including phenoxy) is 5. The SMILES string of the molecule is C=COCCOc1cc(C(=O)OC(C)(C)c2ccccc2)c(OCCOC=C)c2c(I)ccc(I)c12. The summed E-state index contributed by atoms with van der Waals surface area (Å²) in [5.41, 5.74) is 0.279. The molecule has 36 heavy (non-hydrogen) atoms. The highest BCUT2D eigenvalue weighted by Crippen LogP contribution is 2.43. The topological polar surface area (TPSA) is 63.2 Å². The predicted octanol–water partition coefficient (Wildman–Crippen LogP) is 7.22. The maximum atomic E-state index is 13.7. The van der Waals surface area contributed by atoms with Crippen molar-refractivity contribution in [2.75, 3.05) is 26.4 Å². The lowest BCUT2D eigenvalue weighted by Crippen LogP contribution is -2.26. The first-order valence-electron chi connectivity index (χ1n) is 11.2. The number of esters is 1. The maximum Gasteiger partial charge on any atom is 0.342 e. The first-order valence-corrected chi connectivity index (χ1v) is 13.4. The van der Waals surface area contributed by atoms with E-state index in [1.54, 1.807) is 6.07 Å². The number of halogens is 2. The predicted molar refractivity (Wildman–Crippen MR) is 158 cm³/mol. The third-order valence-electron chi connectivity index (χ3n) is 5.28. The van der Waals surface area contributed by atoms with Gasteiger partial charge < -0.3 is 23.7 Å². The molecule has 0 aromatic heterocycles. The number of hydrogen-bond donors (Lipinski definition) is 0. The van der Waals surface area contributed by atoms with E-state index in [0.717, 1.165) is 23.5 Å². The van der Waals surface area contributed by atoms with Crippen LogP contribution in [0, 0.1) is 7.14 Å². The standard InChI is InChI=1S/C28H28I2O6/c1-5-32-14-16-34-23-18-20(27(31)36-28(3,4)19-10-8-7-9-11-19)26(35-17-15-33-6-2)25-22(30)13-12-21(29)24(23)25/h5-13,18H,1-2,14-17H2,3-4H3. The maximum absolute atomic E-state index is 13.7. The van der Waals surface area contributed by atoms with E-state index in [1.807, 2.05) is 56.3 Å². The molecule has 8 heteroatoms. The number of benzene rings is 3. The van der Waals surface area contributed by atoms with Crippen molar-refractivity contribution in [2.24, 2.45) is 0 Å². The molecule has 0 amide bonds. The molecular weight excluding hydrogens is 686 g/mol. The zero-order chi connectivity index (χ0) is 26.1. The van der Waals surface area contributed by atoms with Crippen molar-refractivity contribution < 1.29 is 28.5 Å². The normalized spacial score (nSPS) is 11.0. The summed E-state index contributed by atoms with van der Waals surface area (Å²) in [5.74, 6) is 0.441. The van der Waals surface area contributed by atoms with Crippen LogP contribution in [-0.4, -0.2) is 32.4 Å². The van der Waals surface area contributed by atoms with E-state index in [0.29, 0.717) is 18.1 Å². The van der Waals surface area contributed by atoms with Crippen molar-refractivity contribution >= 4 is 61.9 Å². The van der Waals surface area contributed by atoms with E-state index in [9.17, 15) is 4.79 Å². The highest BCUT2D eigenvalue weighted by Gasteiger charge is 2.30. The van der Waals surface area contributed by atoms with Crippen LogP contribution in [0.3, 0.4) is 0 Å². The van der Waals surface area contributed by atoms with Gasteiger partial charge in [-0.1, -0.05) is 43.5 Å². The molecule has 0 spiro atoms. The lowest BCUT2D eigenvalue weighted by molar-refractivity contribution is -0.00355. The van der Waals surface area contributed by atoms with Gasteiger partial charge in [0.05, 0.1) is 12.5 Å². The molecule has 0 bridgehead atoms. The second-order valence-corrected chi connectivity index (χ2v) is 10.4. The van der Waals surface area contributed by atoms with Gasteiger partial charge in [0.1, 0.15) is 49.1 Å². The summed E-state index contributed by atoms with van der Waals surface area (Å²) < 4.78 is 30.6. The second kappa shape index (κ2) is 13.2. The van der Waals surface area contributed by atoms with Crippen molar-refractivity contribution in [3.63, 3.8) is 0 Å². The van der Waals surface area contributed by atoms with Crippen LogP contribution >= 0.6 is 45.2 Å². The van der Waals surface area contributed by atoms with E-state index in [1.165, 1.54) is 12.5 Å². The Kier molecular flexibility index (Phi) is 10.3. The third-order valence-corrected chi connectivity index (χ3v) is 7.07. The van der Waals surface area contributed by atoms with Gasteiger partial charge in [0.25, 0.3) is 0 Å². The Bertz CT molecular complexity index is 1220. The van der Waals surface area contributed by atoms with Gasteiger partial charge in [0, 0.05) is 17.9 Å². The lowest BCUT2D eigenvalue weighted by atomic mass is 9.98.